The Kier molecular flexibility index (Phi) is 6.46. The van der Waals surface area contributed by atoms with E-state index in [1.807, 2.05) is 48.5 Å². The molecule has 0 aliphatic heterocycles. The summed E-state index contributed by atoms with van der Waals surface area (Å²) in [5.74, 6) is -0.651. The number of amides is 2. The third-order valence-corrected chi connectivity index (χ3v) is 4.06. The molecule has 2 atom stereocenters. The molecular weight excluding hydrogens is 328 g/mol. The van der Waals surface area contributed by atoms with Crippen LogP contribution in [0.3, 0.4) is 0 Å². The zero-order chi connectivity index (χ0) is 19.2. The van der Waals surface area contributed by atoms with Crippen LogP contribution in [0.5, 0.6) is 0 Å². The highest BCUT2D eigenvalue weighted by Gasteiger charge is 2.32. The number of pyridine rings is 1. The Hall–Kier alpha value is -2.73. The summed E-state index contributed by atoms with van der Waals surface area (Å²) in [5.41, 5.74) is 6.35. The fraction of sp³-hybridized carbons (Fsp3) is 0.350. The molecule has 0 aliphatic rings. The molecule has 6 heteroatoms. The van der Waals surface area contributed by atoms with Crippen LogP contribution in [0.15, 0.2) is 54.7 Å². The second-order valence-electron chi connectivity index (χ2n) is 6.86. The number of aromatic nitrogens is 1. The molecule has 0 fully saturated rings. The normalized spacial score (nSPS) is 13.5. The van der Waals surface area contributed by atoms with Crippen LogP contribution in [-0.2, 0) is 16.0 Å². The van der Waals surface area contributed by atoms with E-state index in [0.717, 1.165) is 11.3 Å². The first kappa shape index (κ1) is 19.6. The van der Waals surface area contributed by atoms with Crippen molar-refractivity contribution in [3.05, 3.63) is 66.0 Å². The molecule has 1 aromatic heterocycles. The highest BCUT2D eigenvalue weighted by Crippen LogP contribution is 2.18. The third-order valence-electron chi connectivity index (χ3n) is 4.06. The number of carbonyl (C=O) groups excluding carboxylic acids is 2. The Morgan fingerprint density at radius 1 is 1.12 bits per heavy atom. The largest absolute Gasteiger partial charge is 0.347 e. The van der Waals surface area contributed by atoms with Crippen molar-refractivity contribution in [1.29, 1.82) is 0 Å². The minimum Gasteiger partial charge on any atom is -0.347 e. The summed E-state index contributed by atoms with van der Waals surface area (Å²) in [6.07, 6.45) is 2.28. The highest BCUT2D eigenvalue weighted by molar-refractivity contribution is 5.92. The van der Waals surface area contributed by atoms with Crippen molar-refractivity contribution in [2.45, 2.75) is 44.8 Å². The van der Waals surface area contributed by atoms with Gasteiger partial charge in [-0.3, -0.25) is 14.6 Å². The number of hydrogen-bond donors (Lipinski definition) is 3. The number of nitrogens with two attached hydrogens (primary N) is 1. The van der Waals surface area contributed by atoms with Crippen molar-refractivity contribution in [1.82, 2.24) is 15.6 Å². The smallest absolute Gasteiger partial charge is 0.245 e. The van der Waals surface area contributed by atoms with E-state index in [-0.39, 0.29) is 17.9 Å². The molecular formula is C20H26N4O2. The van der Waals surface area contributed by atoms with Gasteiger partial charge in [-0.2, -0.15) is 0 Å². The molecule has 0 radical (unpaired) electrons. The quantitative estimate of drug-likeness (QED) is 0.705. The molecule has 1 heterocycles. The van der Waals surface area contributed by atoms with E-state index >= 15 is 0 Å². The number of rotatable bonds is 7. The third kappa shape index (κ3) is 5.39. The van der Waals surface area contributed by atoms with E-state index in [1.165, 1.54) is 0 Å². The first-order valence-electron chi connectivity index (χ1n) is 8.63. The first-order valence-corrected chi connectivity index (χ1v) is 8.63. The zero-order valence-corrected chi connectivity index (χ0v) is 15.4. The zero-order valence-electron chi connectivity index (χ0n) is 15.4. The predicted octanol–water partition coefficient (Wildman–Crippen LogP) is 1.72. The summed E-state index contributed by atoms with van der Waals surface area (Å²) in [7, 11) is 0. The van der Waals surface area contributed by atoms with Crippen LogP contribution < -0.4 is 16.4 Å². The fourth-order valence-corrected chi connectivity index (χ4v) is 2.48. The van der Waals surface area contributed by atoms with Crippen molar-refractivity contribution in [3.63, 3.8) is 0 Å². The molecule has 1 unspecified atom stereocenters. The van der Waals surface area contributed by atoms with E-state index in [1.54, 1.807) is 27.0 Å². The maximum absolute atomic E-state index is 12.8. The molecule has 0 saturated heterocycles. The van der Waals surface area contributed by atoms with Gasteiger partial charge in [-0.1, -0.05) is 36.4 Å². The summed E-state index contributed by atoms with van der Waals surface area (Å²) < 4.78 is 0. The average Bonchev–Trinajstić information content (AvgIpc) is 2.62. The lowest BCUT2D eigenvalue weighted by Gasteiger charge is -2.29. The van der Waals surface area contributed by atoms with Gasteiger partial charge in [0.2, 0.25) is 11.8 Å². The number of nitrogens with zero attached hydrogens (tertiary/aromatic N) is 1. The summed E-state index contributed by atoms with van der Waals surface area (Å²) in [4.78, 5) is 29.0. The molecule has 2 amide bonds. The second kappa shape index (κ2) is 8.58. The Morgan fingerprint density at radius 2 is 1.77 bits per heavy atom. The molecule has 26 heavy (non-hydrogen) atoms. The lowest BCUT2D eigenvalue weighted by Crippen LogP contribution is -2.58. The van der Waals surface area contributed by atoms with Gasteiger partial charge in [-0.05, 0) is 38.5 Å². The predicted molar refractivity (Wildman–Crippen MR) is 101 cm³/mol. The van der Waals surface area contributed by atoms with Gasteiger partial charge in [0.1, 0.15) is 5.54 Å². The maximum atomic E-state index is 12.8. The Labute approximate surface area is 154 Å². The van der Waals surface area contributed by atoms with Gasteiger partial charge in [0.25, 0.3) is 0 Å². The molecule has 0 spiro atoms. The number of nitrogens with one attached hydrogen (secondary N) is 2. The van der Waals surface area contributed by atoms with Gasteiger partial charge in [0.15, 0.2) is 0 Å². The van der Waals surface area contributed by atoms with Crippen LogP contribution in [0.1, 0.15) is 38.1 Å². The van der Waals surface area contributed by atoms with Gasteiger partial charge in [-0.15, -0.1) is 0 Å². The number of carbonyl (C=O) groups is 2. The minimum atomic E-state index is -1.08. The lowest BCUT2D eigenvalue weighted by atomic mass is 9.98. The van der Waals surface area contributed by atoms with Crippen molar-refractivity contribution >= 4 is 11.8 Å². The van der Waals surface area contributed by atoms with Gasteiger partial charge in [-0.25, -0.2) is 0 Å². The van der Waals surface area contributed by atoms with Crippen molar-refractivity contribution < 1.29 is 9.59 Å². The summed E-state index contributed by atoms with van der Waals surface area (Å²) >= 11 is 0. The van der Waals surface area contributed by atoms with E-state index in [0.29, 0.717) is 6.42 Å². The van der Waals surface area contributed by atoms with Crippen molar-refractivity contribution in [3.8, 4) is 0 Å². The molecule has 138 valence electrons. The average molecular weight is 354 g/mol. The molecule has 4 N–H and O–H groups in total. The SMILES string of the molecule is CC(N)C(=O)NC(C)(C)C(=O)N[C@@H](Cc1ccccn1)c1ccccc1. The van der Waals surface area contributed by atoms with Crippen molar-refractivity contribution in [2.24, 2.45) is 5.73 Å². The van der Waals surface area contributed by atoms with Gasteiger partial charge >= 0.3 is 0 Å². The lowest BCUT2D eigenvalue weighted by molar-refractivity contribution is -0.133. The number of hydrogen-bond acceptors (Lipinski definition) is 4. The Bertz CT molecular complexity index is 730. The van der Waals surface area contributed by atoms with Crippen LogP contribution in [0, 0.1) is 0 Å². The molecule has 0 saturated carbocycles. The van der Waals surface area contributed by atoms with Gasteiger partial charge in [0, 0.05) is 18.3 Å². The van der Waals surface area contributed by atoms with E-state index in [9.17, 15) is 9.59 Å². The molecule has 2 rings (SSSR count). The molecule has 0 aliphatic carbocycles. The highest BCUT2D eigenvalue weighted by atomic mass is 16.2. The van der Waals surface area contributed by atoms with Crippen LogP contribution in [0.4, 0.5) is 0 Å². The van der Waals surface area contributed by atoms with Crippen LogP contribution in [-0.4, -0.2) is 28.4 Å². The van der Waals surface area contributed by atoms with E-state index < -0.39 is 11.6 Å². The summed E-state index contributed by atoms with van der Waals surface area (Å²) in [6, 6.07) is 14.5. The minimum absolute atomic E-state index is 0.259. The molecule has 1 aromatic carbocycles. The van der Waals surface area contributed by atoms with Gasteiger partial charge < -0.3 is 16.4 Å². The van der Waals surface area contributed by atoms with E-state index in [2.05, 4.69) is 15.6 Å². The second-order valence-corrected chi connectivity index (χ2v) is 6.86. The van der Waals surface area contributed by atoms with Crippen LogP contribution in [0.25, 0.3) is 0 Å². The number of benzene rings is 1. The Balaban J connectivity index is 2.18. The molecule has 2 aromatic rings. The van der Waals surface area contributed by atoms with Gasteiger partial charge in [0.05, 0.1) is 12.1 Å². The molecule has 6 nitrogen and oxygen atoms in total. The Morgan fingerprint density at radius 3 is 2.35 bits per heavy atom. The monoisotopic (exact) mass is 354 g/mol. The molecule has 0 bridgehead atoms. The fourth-order valence-electron chi connectivity index (χ4n) is 2.48. The van der Waals surface area contributed by atoms with Crippen LogP contribution >= 0.6 is 0 Å². The summed E-state index contributed by atoms with van der Waals surface area (Å²) in [5, 5.41) is 5.72. The first-order chi connectivity index (χ1) is 12.3. The topological polar surface area (TPSA) is 97.1 Å². The summed E-state index contributed by atoms with van der Waals surface area (Å²) in [6.45, 7) is 4.90. The van der Waals surface area contributed by atoms with Crippen LogP contribution in [0.2, 0.25) is 0 Å². The van der Waals surface area contributed by atoms with E-state index in [4.69, 9.17) is 5.73 Å². The maximum Gasteiger partial charge on any atom is 0.245 e. The standard InChI is InChI=1S/C20H26N4O2/c1-14(21)18(25)24-20(2,3)19(26)23-17(15-9-5-4-6-10-15)13-16-11-7-8-12-22-16/h4-12,14,17H,13,21H2,1-3H3,(H,23,26)(H,24,25)/t14?,17-/m0/s1. The van der Waals surface area contributed by atoms with Crippen molar-refractivity contribution in [2.75, 3.05) is 0 Å².